The van der Waals surface area contributed by atoms with Gasteiger partial charge in [0.05, 0.1) is 17.9 Å². The van der Waals surface area contributed by atoms with Crippen LogP contribution in [0.3, 0.4) is 0 Å². The third kappa shape index (κ3) is 6.91. The van der Waals surface area contributed by atoms with E-state index in [0.29, 0.717) is 16.9 Å². The fourth-order valence-electron chi connectivity index (χ4n) is 3.99. The van der Waals surface area contributed by atoms with Crippen molar-refractivity contribution in [3.63, 3.8) is 0 Å². The first-order chi connectivity index (χ1) is 18.0. The highest BCUT2D eigenvalue weighted by molar-refractivity contribution is 5.93. The maximum absolute atomic E-state index is 13.3. The lowest BCUT2D eigenvalue weighted by atomic mass is 10.1. The normalized spacial score (nSPS) is 10.6. The highest BCUT2D eigenvalue weighted by Gasteiger charge is 2.21. The van der Waals surface area contributed by atoms with Crippen LogP contribution >= 0.6 is 0 Å². The summed E-state index contributed by atoms with van der Waals surface area (Å²) >= 11 is 0. The first-order valence-electron chi connectivity index (χ1n) is 12.0. The molecule has 0 atom stereocenters. The topological polar surface area (TPSA) is 124 Å². The summed E-state index contributed by atoms with van der Waals surface area (Å²) in [7, 11) is 0. The van der Waals surface area contributed by atoms with Gasteiger partial charge in [0.2, 0.25) is 5.91 Å². The molecule has 4 aromatic rings. The van der Waals surface area contributed by atoms with Crippen LogP contribution in [0.25, 0.3) is 0 Å². The van der Waals surface area contributed by atoms with Crippen LogP contribution in [-0.4, -0.2) is 22.0 Å². The Morgan fingerprint density at radius 2 is 1.65 bits per heavy atom. The quantitative estimate of drug-likeness (QED) is 0.308. The summed E-state index contributed by atoms with van der Waals surface area (Å²) in [6.45, 7) is 0.288. The Morgan fingerprint density at radius 1 is 0.865 bits per heavy atom. The van der Waals surface area contributed by atoms with Gasteiger partial charge in [-0.15, -0.1) is 0 Å². The van der Waals surface area contributed by atoms with Gasteiger partial charge in [0.25, 0.3) is 0 Å². The highest BCUT2D eigenvalue weighted by Crippen LogP contribution is 2.26. The van der Waals surface area contributed by atoms with Crippen molar-refractivity contribution in [3.8, 4) is 0 Å². The lowest BCUT2D eigenvalue weighted by Crippen LogP contribution is -2.31. The second-order valence-corrected chi connectivity index (χ2v) is 8.58. The Bertz CT molecular complexity index is 1340. The van der Waals surface area contributed by atoms with Gasteiger partial charge >= 0.3 is 6.09 Å². The number of ether oxygens (including phenoxy) is 1. The van der Waals surface area contributed by atoms with Crippen molar-refractivity contribution in [3.05, 3.63) is 119 Å². The number of hydrogen-bond donors (Lipinski definition) is 2. The minimum absolute atomic E-state index is 0.0821. The molecule has 0 saturated carbocycles. The van der Waals surface area contributed by atoms with Gasteiger partial charge in [-0.2, -0.15) is 0 Å². The fourth-order valence-corrected chi connectivity index (χ4v) is 3.99. The Hall–Kier alpha value is -4.72. The molecule has 4 N–H and O–H groups in total. The number of hydrogen-bond acceptors (Lipinski definition) is 6. The van der Waals surface area contributed by atoms with Gasteiger partial charge in [0.15, 0.2) is 0 Å². The van der Waals surface area contributed by atoms with Crippen molar-refractivity contribution in [2.24, 2.45) is 5.73 Å². The average molecular weight is 496 g/mol. The highest BCUT2D eigenvalue weighted by atomic mass is 16.6. The molecule has 0 aliphatic carbocycles. The molecule has 0 aliphatic rings. The summed E-state index contributed by atoms with van der Waals surface area (Å²) in [6.07, 6.45) is 7.38. The molecule has 0 bridgehead atoms. The van der Waals surface area contributed by atoms with Crippen LogP contribution in [0.2, 0.25) is 0 Å². The number of rotatable bonds is 10. The molecule has 2 heterocycles. The molecular formula is C29H29N5O3. The zero-order valence-corrected chi connectivity index (χ0v) is 20.4. The van der Waals surface area contributed by atoms with Crippen molar-refractivity contribution in [1.29, 1.82) is 0 Å². The number of nitrogen functional groups attached to an aromatic ring is 1. The molecular weight excluding hydrogens is 466 g/mol. The fraction of sp³-hybridized carbons (Fsp3) is 0.172. The first kappa shape index (κ1) is 25.4. The van der Waals surface area contributed by atoms with Gasteiger partial charge in [0.1, 0.15) is 6.61 Å². The van der Waals surface area contributed by atoms with E-state index < -0.39 is 12.0 Å². The molecule has 2 aromatic carbocycles. The number of nitrogens with zero attached hydrogens (tertiary/aromatic N) is 3. The summed E-state index contributed by atoms with van der Waals surface area (Å²) in [6, 6.07) is 21.6. The van der Waals surface area contributed by atoms with E-state index in [1.807, 2.05) is 30.5 Å². The van der Waals surface area contributed by atoms with Crippen LogP contribution in [-0.2, 0) is 30.7 Å². The SMILES string of the molecule is NC(=O)c1ccc(CN(C(=O)OCc2cccnc2CCCc2cccnc2)c2ccccc2N)cc1. The molecule has 0 aliphatic heterocycles. The Labute approximate surface area is 215 Å². The number of primary amides is 1. The summed E-state index contributed by atoms with van der Waals surface area (Å²) in [5, 5.41) is 0. The van der Waals surface area contributed by atoms with Gasteiger partial charge in [-0.25, -0.2) is 4.79 Å². The molecule has 2 aromatic heterocycles. The molecule has 2 amide bonds. The molecule has 0 saturated heterocycles. The predicted molar refractivity (Wildman–Crippen MR) is 143 cm³/mol. The van der Waals surface area contributed by atoms with Crippen molar-refractivity contribution in [2.75, 3.05) is 10.6 Å². The molecule has 37 heavy (non-hydrogen) atoms. The van der Waals surface area contributed by atoms with Crippen LogP contribution in [0.5, 0.6) is 0 Å². The number of aryl methyl sites for hydroxylation is 2. The van der Waals surface area contributed by atoms with Crippen LogP contribution in [0.1, 0.15) is 39.2 Å². The number of amides is 2. The van der Waals surface area contributed by atoms with Crippen molar-refractivity contribution in [1.82, 2.24) is 9.97 Å². The number of anilines is 2. The molecule has 8 heteroatoms. The number of para-hydroxylation sites is 2. The standard InChI is InChI=1S/C29H29N5O3/c30-25-9-1-2-11-27(25)34(19-22-12-14-23(15-13-22)28(31)35)29(36)37-20-24-8-5-17-33-26(24)10-3-6-21-7-4-16-32-18-21/h1-2,4-5,7-9,11-18H,3,6,10,19-20,30H2,(H2,31,35). The van der Waals surface area contributed by atoms with Crippen molar-refractivity contribution >= 4 is 23.4 Å². The summed E-state index contributed by atoms with van der Waals surface area (Å²) in [5.74, 6) is -0.511. The van der Waals surface area contributed by atoms with Gasteiger partial charge in [-0.3, -0.25) is 19.7 Å². The number of aromatic nitrogens is 2. The van der Waals surface area contributed by atoms with E-state index >= 15 is 0 Å². The lowest BCUT2D eigenvalue weighted by Gasteiger charge is -2.24. The number of pyridine rings is 2. The van der Waals surface area contributed by atoms with E-state index in [0.717, 1.165) is 36.1 Å². The Balaban J connectivity index is 1.46. The van der Waals surface area contributed by atoms with Gasteiger partial charge in [0, 0.05) is 35.4 Å². The minimum atomic E-state index is -0.540. The van der Waals surface area contributed by atoms with E-state index in [2.05, 4.69) is 16.0 Å². The van der Waals surface area contributed by atoms with Gasteiger partial charge in [-0.05, 0) is 66.8 Å². The molecule has 188 valence electrons. The molecule has 0 spiro atoms. The zero-order chi connectivity index (χ0) is 26.0. The monoisotopic (exact) mass is 495 g/mol. The van der Waals surface area contributed by atoms with E-state index in [4.69, 9.17) is 16.2 Å². The van der Waals surface area contributed by atoms with Crippen molar-refractivity contribution in [2.45, 2.75) is 32.4 Å². The molecule has 0 fully saturated rings. The summed E-state index contributed by atoms with van der Waals surface area (Å²) < 4.78 is 5.75. The molecule has 4 rings (SSSR count). The maximum atomic E-state index is 13.3. The van der Waals surface area contributed by atoms with E-state index in [-0.39, 0.29) is 13.2 Å². The smallest absolute Gasteiger partial charge is 0.415 e. The van der Waals surface area contributed by atoms with Crippen LogP contribution in [0, 0.1) is 0 Å². The van der Waals surface area contributed by atoms with E-state index in [1.54, 1.807) is 54.9 Å². The zero-order valence-electron chi connectivity index (χ0n) is 20.4. The van der Waals surface area contributed by atoms with Gasteiger partial charge in [-0.1, -0.05) is 36.4 Å². The second-order valence-electron chi connectivity index (χ2n) is 8.58. The largest absolute Gasteiger partial charge is 0.444 e. The van der Waals surface area contributed by atoms with Crippen LogP contribution in [0.15, 0.2) is 91.4 Å². The Morgan fingerprint density at radius 3 is 2.38 bits per heavy atom. The third-order valence-electron chi connectivity index (χ3n) is 5.96. The predicted octanol–water partition coefficient (Wildman–Crippen LogP) is 4.68. The van der Waals surface area contributed by atoms with Crippen LogP contribution in [0.4, 0.5) is 16.2 Å². The number of carbonyl (C=O) groups is 2. The Kier molecular flexibility index (Phi) is 8.44. The summed E-state index contributed by atoms with van der Waals surface area (Å²) in [4.78, 5) is 34.9. The minimum Gasteiger partial charge on any atom is -0.444 e. The van der Waals surface area contributed by atoms with E-state index in [9.17, 15) is 9.59 Å². The number of nitrogens with two attached hydrogens (primary N) is 2. The lowest BCUT2D eigenvalue weighted by molar-refractivity contribution is 0.1000. The average Bonchev–Trinajstić information content (AvgIpc) is 2.92. The van der Waals surface area contributed by atoms with Crippen molar-refractivity contribution < 1.29 is 14.3 Å². The second kappa shape index (κ2) is 12.3. The number of benzene rings is 2. The first-order valence-corrected chi connectivity index (χ1v) is 12.0. The van der Waals surface area contributed by atoms with Gasteiger partial charge < -0.3 is 16.2 Å². The molecule has 8 nitrogen and oxygen atoms in total. The molecule has 0 unspecified atom stereocenters. The third-order valence-corrected chi connectivity index (χ3v) is 5.96. The summed E-state index contributed by atoms with van der Waals surface area (Å²) in [5.41, 5.74) is 16.6. The maximum Gasteiger partial charge on any atom is 0.415 e. The van der Waals surface area contributed by atoms with Crippen LogP contribution < -0.4 is 16.4 Å². The van der Waals surface area contributed by atoms with E-state index in [1.165, 1.54) is 10.5 Å². The molecule has 0 radical (unpaired) electrons. The number of carbonyl (C=O) groups excluding carboxylic acids is 2.